The molecule has 0 bridgehead atoms. The molecule has 1 saturated heterocycles. The first-order chi connectivity index (χ1) is 13.6. The van der Waals surface area contributed by atoms with Gasteiger partial charge in [-0.25, -0.2) is 0 Å². The van der Waals surface area contributed by atoms with Crippen molar-refractivity contribution in [3.05, 3.63) is 70.8 Å². The van der Waals surface area contributed by atoms with Crippen molar-refractivity contribution in [1.82, 2.24) is 10.2 Å². The highest BCUT2D eigenvalue weighted by Crippen LogP contribution is 2.29. The zero-order chi connectivity index (χ0) is 19.5. The Labute approximate surface area is 166 Å². The topological polar surface area (TPSA) is 49.4 Å². The molecule has 4 nitrogen and oxygen atoms in total. The van der Waals surface area contributed by atoms with Crippen molar-refractivity contribution >= 4 is 11.8 Å². The Kier molecular flexibility index (Phi) is 5.47. The molecule has 0 aromatic heterocycles. The highest BCUT2D eigenvalue weighted by atomic mass is 16.2. The highest BCUT2D eigenvalue weighted by Gasteiger charge is 2.27. The summed E-state index contributed by atoms with van der Waals surface area (Å²) in [6, 6.07) is 16.2. The van der Waals surface area contributed by atoms with Gasteiger partial charge in [0.1, 0.15) is 0 Å². The number of hydrogen-bond acceptors (Lipinski definition) is 2. The van der Waals surface area contributed by atoms with Crippen LogP contribution in [-0.2, 0) is 6.42 Å². The molecular weight excluding hydrogens is 348 g/mol. The Hall–Kier alpha value is -2.62. The summed E-state index contributed by atoms with van der Waals surface area (Å²) in [7, 11) is 0. The van der Waals surface area contributed by atoms with E-state index in [2.05, 4.69) is 18.3 Å². The van der Waals surface area contributed by atoms with E-state index in [4.69, 9.17) is 0 Å². The lowest BCUT2D eigenvalue weighted by atomic mass is 9.89. The first-order valence-electron chi connectivity index (χ1n) is 10.4. The predicted octanol–water partition coefficient (Wildman–Crippen LogP) is 4.16. The van der Waals surface area contributed by atoms with Crippen molar-refractivity contribution in [3.63, 3.8) is 0 Å². The number of carbonyl (C=O) groups is 2. The van der Waals surface area contributed by atoms with Crippen LogP contribution in [0.25, 0.3) is 0 Å². The SMILES string of the molecule is CCc1ccc(C(=O)N2CCC[C@@H](c3cccc(C(=O)NC4CC4)c3)C2)cc1. The lowest BCUT2D eigenvalue weighted by Crippen LogP contribution is -2.39. The molecule has 1 aliphatic carbocycles. The molecule has 1 atom stereocenters. The molecule has 146 valence electrons. The Morgan fingerprint density at radius 3 is 2.54 bits per heavy atom. The minimum Gasteiger partial charge on any atom is -0.349 e. The summed E-state index contributed by atoms with van der Waals surface area (Å²) in [5.74, 6) is 0.403. The number of likely N-dealkylation sites (tertiary alicyclic amines) is 1. The molecule has 2 fully saturated rings. The molecule has 0 spiro atoms. The van der Waals surface area contributed by atoms with Gasteiger partial charge in [-0.3, -0.25) is 9.59 Å². The fourth-order valence-electron chi connectivity index (χ4n) is 3.93. The maximum absolute atomic E-state index is 12.9. The third-order valence-corrected chi connectivity index (χ3v) is 5.85. The zero-order valence-electron chi connectivity index (χ0n) is 16.5. The van der Waals surface area contributed by atoms with Gasteiger partial charge in [-0.05, 0) is 67.5 Å². The number of benzene rings is 2. The molecule has 0 unspecified atom stereocenters. The maximum atomic E-state index is 12.9. The van der Waals surface area contributed by atoms with Crippen molar-refractivity contribution in [2.45, 2.75) is 51.0 Å². The molecule has 1 aliphatic heterocycles. The van der Waals surface area contributed by atoms with Crippen molar-refractivity contribution in [2.24, 2.45) is 0 Å². The Morgan fingerprint density at radius 1 is 1.04 bits per heavy atom. The molecule has 2 aromatic rings. The summed E-state index contributed by atoms with van der Waals surface area (Å²) in [6.45, 7) is 3.62. The Morgan fingerprint density at radius 2 is 1.82 bits per heavy atom. The van der Waals surface area contributed by atoms with Gasteiger partial charge in [0.25, 0.3) is 11.8 Å². The number of nitrogens with one attached hydrogen (secondary N) is 1. The summed E-state index contributed by atoms with van der Waals surface area (Å²) in [6.07, 6.45) is 5.19. The van der Waals surface area contributed by atoms with Crippen LogP contribution < -0.4 is 5.32 Å². The molecule has 1 heterocycles. The van der Waals surface area contributed by atoms with Crippen LogP contribution in [0.15, 0.2) is 48.5 Å². The summed E-state index contributed by atoms with van der Waals surface area (Å²) in [4.78, 5) is 27.3. The highest BCUT2D eigenvalue weighted by molar-refractivity contribution is 5.95. The van der Waals surface area contributed by atoms with Gasteiger partial charge in [-0.1, -0.05) is 31.2 Å². The van der Waals surface area contributed by atoms with Gasteiger partial charge in [0.05, 0.1) is 0 Å². The Balaban J connectivity index is 1.45. The molecular formula is C24H28N2O2. The number of amides is 2. The zero-order valence-corrected chi connectivity index (χ0v) is 16.5. The van der Waals surface area contributed by atoms with Crippen LogP contribution in [-0.4, -0.2) is 35.8 Å². The van der Waals surface area contributed by atoms with Crippen LogP contribution in [0.3, 0.4) is 0 Å². The van der Waals surface area contributed by atoms with Gasteiger partial charge in [-0.15, -0.1) is 0 Å². The number of nitrogens with zero attached hydrogens (tertiary/aromatic N) is 1. The minimum atomic E-state index is 0.0177. The number of rotatable bonds is 5. The summed E-state index contributed by atoms with van der Waals surface area (Å²) < 4.78 is 0. The molecule has 0 radical (unpaired) electrons. The van der Waals surface area contributed by atoms with Crippen LogP contribution in [0.5, 0.6) is 0 Å². The normalized spacial score (nSPS) is 19.3. The second-order valence-electron chi connectivity index (χ2n) is 8.01. The van der Waals surface area contributed by atoms with Crippen LogP contribution in [0.2, 0.25) is 0 Å². The number of hydrogen-bond donors (Lipinski definition) is 1. The van der Waals surface area contributed by atoms with Gasteiger partial charge in [0.2, 0.25) is 0 Å². The summed E-state index contributed by atoms with van der Waals surface area (Å²) in [5, 5.41) is 3.05. The number of carbonyl (C=O) groups excluding carboxylic acids is 2. The molecule has 1 N–H and O–H groups in total. The molecule has 4 heteroatoms. The van der Waals surface area contributed by atoms with Gasteiger partial charge >= 0.3 is 0 Å². The van der Waals surface area contributed by atoms with E-state index in [1.807, 2.05) is 47.4 Å². The molecule has 2 aliphatic rings. The monoisotopic (exact) mass is 376 g/mol. The van der Waals surface area contributed by atoms with E-state index in [9.17, 15) is 9.59 Å². The minimum absolute atomic E-state index is 0.0177. The molecule has 2 aromatic carbocycles. The summed E-state index contributed by atoms with van der Waals surface area (Å²) in [5.41, 5.74) is 3.88. The standard InChI is InChI=1S/C24H28N2O2/c1-2-17-8-10-18(11-9-17)24(28)26-14-4-7-21(16-26)19-5-3-6-20(15-19)23(27)25-22-12-13-22/h3,5-6,8-11,15,21-22H,2,4,7,12-14,16H2,1H3,(H,25,27)/t21-/m1/s1. The van der Waals surface area contributed by atoms with Gasteiger partial charge in [0, 0.05) is 36.2 Å². The molecule has 1 saturated carbocycles. The summed E-state index contributed by atoms with van der Waals surface area (Å²) >= 11 is 0. The van der Waals surface area contributed by atoms with E-state index in [0.29, 0.717) is 12.6 Å². The molecule has 2 amide bonds. The first kappa shape index (κ1) is 18.7. The number of aryl methyl sites for hydroxylation is 1. The fraction of sp³-hybridized carbons (Fsp3) is 0.417. The maximum Gasteiger partial charge on any atom is 0.253 e. The second-order valence-corrected chi connectivity index (χ2v) is 8.01. The van der Waals surface area contributed by atoms with E-state index >= 15 is 0 Å². The van der Waals surface area contributed by atoms with Crippen molar-refractivity contribution < 1.29 is 9.59 Å². The largest absolute Gasteiger partial charge is 0.349 e. The number of piperidine rings is 1. The first-order valence-corrected chi connectivity index (χ1v) is 10.4. The van der Waals surface area contributed by atoms with Crippen LogP contribution in [0, 0.1) is 0 Å². The lowest BCUT2D eigenvalue weighted by molar-refractivity contribution is 0.0706. The molecule has 4 rings (SSSR count). The van der Waals surface area contributed by atoms with Crippen molar-refractivity contribution in [1.29, 1.82) is 0 Å². The second kappa shape index (κ2) is 8.17. The lowest BCUT2D eigenvalue weighted by Gasteiger charge is -2.33. The van der Waals surface area contributed by atoms with E-state index in [1.54, 1.807) is 0 Å². The van der Waals surface area contributed by atoms with Crippen molar-refractivity contribution in [2.75, 3.05) is 13.1 Å². The Bertz CT molecular complexity index is 855. The van der Waals surface area contributed by atoms with Gasteiger partial charge < -0.3 is 10.2 Å². The van der Waals surface area contributed by atoms with Gasteiger partial charge in [0.15, 0.2) is 0 Å². The third kappa shape index (κ3) is 4.27. The quantitative estimate of drug-likeness (QED) is 0.852. The third-order valence-electron chi connectivity index (χ3n) is 5.85. The van der Waals surface area contributed by atoms with Gasteiger partial charge in [-0.2, -0.15) is 0 Å². The van der Waals surface area contributed by atoms with Crippen LogP contribution >= 0.6 is 0 Å². The molecule has 28 heavy (non-hydrogen) atoms. The average Bonchev–Trinajstić information content (AvgIpc) is 3.57. The average molecular weight is 377 g/mol. The smallest absolute Gasteiger partial charge is 0.253 e. The fourth-order valence-corrected chi connectivity index (χ4v) is 3.93. The van der Waals surface area contributed by atoms with Crippen LogP contribution in [0.1, 0.15) is 70.4 Å². The van der Waals surface area contributed by atoms with Crippen LogP contribution in [0.4, 0.5) is 0 Å². The van der Waals surface area contributed by atoms with E-state index < -0.39 is 0 Å². The van der Waals surface area contributed by atoms with Crippen molar-refractivity contribution in [3.8, 4) is 0 Å². The van der Waals surface area contributed by atoms with E-state index in [0.717, 1.165) is 55.3 Å². The van der Waals surface area contributed by atoms with E-state index in [-0.39, 0.29) is 17.7 Å². The predicted molar refractivity (Wildman–Crippen MR) is 111 cm³/mol. The van der Waals surface area contributed by atoms with E-state index in [1.165, 1.54) is 5.56 Å².